The third-order valence-electron chi connectivity index (χ3n) is 24.5. The number of hydrogen-bond acceptors (Lipinski definition) is 23. The van der Waals surface area contributed by atoms with Crippen LogP contribution in [0.1, 0.15) is 146 Å². The van der Waals surface area contributed by atoms with Crippen molar-refractivity contribution < 1.29 is 95.4 Å². The van der Waals surface area contributed by atoms with Crippen molar-refractivity contribution in [2.75, 3.05) is 118 Å². The van der Waals surface area contributed by atoms with E-state index in [1.165, 1.54) is 6.92 Å². The van der Waals surface area contributed by atoms with Gasteiger partial charge in [-0.15, -0.1) is 0 Å². The van der Waals surface area contributed by atoms with Gasteiger partial charge in [-0.3, -0.25) is 72.2 Å². The van der Waals surface area contributed by atoms with Crippen molar-refractivity contribution in [3.8, 4) is 11.5 Å². The normalized spacial score (nSPS) is 24.2. The summed E-state index contributed by atoms with van der Waals surface area (Å²) in [4.78, 5) is 177. The Hall–Kier alpha value is -9.64. The zero-order valence-electron chi connectivity index (χ0n) is 72.3. The van der Waals surface area contributed by atoms with Crippen LogP contribution in [-0.2, 0) is 105 Å². The van der Waals surface area contributed by atoms with E-state index in [1.807, 2.05) is 89.2 Å². The second-order valence-corrected chi connectivity index (χ2v) is 34.8. The van der Waals surface area contributed by atoms with Gasteiger partial charge in [0, 0.05) is 52.1 Å². The van der Waals surface area contributed by atoms with E-state index in [9.17, 15) is 52.7 Å². The summed E-state index contributed by atoms with van der Waals surface area (Å²) in [5.41, 5.74) is 2.46. The molecular weight excluding hydrogens is 1580 g/mol. The van der Waals surface area contributed by atoms with Crippen molar-refractivity contribution in [1.82, 2.24) is 62.6 Å². The van der Waals surface area contributed by atoms with E-state index in [2.05, 4.69) is 53.9 Å². The number of amides is 9. The molecule has 9 amide bonds. The summed E-state index contributed by atoms with van der Waals surface area (Å²) in [6.07, 6.45) is 11.2. The first-order valence-corrected chi connectivity index (χ1v) is 43.7. The Morgan fingerprint density at radius 1 is 0.407 bits per heavy atom. The maximum atomic E-state index is 15.5. The molecule has 3 aromatic rings. The van der Waals surface area contributed by atoms with Crippen LogP contribution in [0.15, 0.2) is 102 Å². The molecule has 9 N–H and O–H groups in total. The summed E-state index contributed by atoms with van der Waals surface area (Å²) >= 11 is 0. The fourth-order valence-electron chi connectivity index (χ4n) is 16.4. The number of nitrogens with zero attached hydrogens (tertiary/aromatic N) is 3. The van der Waals surface area contributed by atoms with Crippen LogP contribution >= 0.6 is 0 Å². The molecular formula is C91H124N12O20. The fourth-order valence-corrected chi connectivity index (χ4v) is 16.4. The van der Waals surface area contributed by atoms with E-state index in [4.69, 9.17) is 37.9 Å². The molecule has 0 radical (unpaired) electrons. The van der Waals surface area contributed by atoms with Crippen LogP contribution in [0, 0.1) is 13.8 Å². The van der Waals surface area contributed by atoms with Crippen LogP contribution in [0.3, 0.4) is 0 Å². The van der Waals surface area contributed by atoms with Gasteiger partial charge in [0.1, 0.15) is 76.8 Å². The number of nitrogens with one attached hydrogen (secondary N) is 9. The van der Waals surface area contributed by atoms with Gasteiger partial charge in [0.05, 0.1) is 97.2 Å². The second kappa shape index (κ2) is 42.8. The van der Waals surface area contributed by atoms with Gasteiger partial charge < -0.3 is 85.7 Å². The summed E-state index contributed by atoms with van der Waals surface area (Å²) in [5, 5.41) is 26.0. The van der Waals surface area contributed by atoms with Gasteiger partial charge in [-0.1, -0.05) is 78.4 Å². The van der Waals surface area contributed by atoms with Gasteiger partial charge in [-0.05, 0) is 190 Å². The number of benzene rings is 3. The monoisotopic (exact) mass is 1700 g/mol. The molecule has 32 heteroatoms. The number of ketones is 3. The molecule has 0 aromatic heterocycles. The quantitative estimate of drug-likeness (QED) is 0.0290. The molecule has 32 nitrogen and oxygen atoms in total. The number of epoxide rings is 3. The van der Waals surface area contributed by atoms with E-state index in [0.717, 1.165) is 48.0 Å². The number of hydrogen-bond donors (Lipinski definition) is 9. The largest absolute Gasteiger partial charge is 0.486 e. The first kappa shape index (κ1) is 92.5. The average molecular weight is 1710 g/mol. The molecule has 0 saturated carbocycles. The Labute approximate surface area is 719 Å². The summed E-state index contributed by atoms with van der Waals surface area (Å²) in [6, 6.07) is 10.1. The fraction of sp³-hybridized carbons (Fsp3) is 0.604. The maximum Gasteiger partial charge on any atom is 0.243 e. The van der Waals surface area contributed by atoms with Crippen molar-refractivity contribution in [3.05, 3.63) is 129 Å². The van der Waals surface area contributed by atoms with Crippen molar-refractivity contribution in [2.24, 2.45) is 0 Å². The Bertz CT molecular complexity index is 4410. The van der Waals surface area contributed by atoms with E-state index in [0.29, 0.717) is 145 Å². The van der Waals surface area contributed by atoms with Gasteiger partial charge in [-0.2, -0.15) is 0 Å². The number of ether oxygens (including phenoxy) is 8. The molecule has 6 saturated heterocycles. The molecule has 6 fully saturated rings. The van der Waals surface area contributed by atoms with Crippen molar-refractivity contribution in [1.29, 1.82) is 0 Å². The summed E-state index contributed by atoms with van der Waals surface area (Å²) in [5.74, 6) is -5.14. The number of rotatable bonds is 44. The topological polar surface area (TPSA) is 407 Å². The lowest BCUT2D eigenvalue weighted by molar-refractivity contribution is -0.134. The SMILES string of the molecule is Cc1ccc(C[C@H](NC(=O)[C@H](C)NC(=O)CN2CCOCC2)C(=O)N[C@@H](CC2=CCCC2Oc2cc(C[C@H](NC(=O)[C@H](C)NC(=O)CN3CCOCC3)C(=O)N[C@@H](CC3=CCCCC3)C(=O)[C@@]3(C)CO3)ccc2C)C(=O)[C@@]2(C)CO2)cc1OC1CCC=C1C[C@H](NC(=O)[C@H](CCc1ccccc1)NC(=O)[C@H](C)NC(=O)CN1CCOCC1)C(=O)[C@@]1(C)CO1. The number of aryl methyl sites for hydroxylation is 3. The first-order valence-electron chi connectivity index (χ1n) is 43.7. The van der Waals surface area contributed by atoms with Gasteiger partial charge in [0.25, 0.3) is 0 Å². The lowest BCUT2D eigenvalue weighted by Crippen LogP contribution is -2.57. The minimum Gasteiger partial charge on any atom is -0.486 e. The number of allylic oxidation sites excluding steroid dienone is 3. The standard InChI is InChI=1S/C91H124N12O20/c1-56-25-27-63(44-71(99-84(111)59(4)93-78(105)51-102-33-39-117-40-34-102)87(114)96-68(80(107)89(6)53-119-89)43-62-19-13-10-14-20-62)46-75(56)123-74-24-16-22-66(74)49-70(82(109)91(8)55-121-91)98-88(115)72(100-85(112)60(5)94-79(106)52-103-35-41-118-42-36-103)45-64-28-26-57(2)76(47-64)122-73-23-15-21-65(73)48-69(81(108)90(7)54-120-90)97-86(113)67(30-29-61-17-11-9-12-18-61)95-83(110)58(3)92-77(104)50-101-31-37-116-38-32-101/h9,11-12,17-19,21-22,25-28,46-47,58-60,67-74H,10,13-16,20,23-24,29-45,48-55H2,1-8H3,(H,92,104)(H,93,105)(H,94,106)(H,95,110)(H,96,114)(H,97,113)(H,98,115)(H,99,111)(H,100,112)/t58-,59-,60-,67-,68-,69-,70-,71-,72-,73?,74?,89+,90+,91+/m0/s1. The van der Waals surface area contributed by atoms with E-state index < -0.39 is 131 Å². The van der Waals surface area contributed by atoms with Crippen molar-refractivity contribution in [2.45, 2.75) is 235 Å². The minimum atomic E-state index is -1.37. The smallest absolute Gasteiger partial charge is 0.243 e. The van der Waals surface area contributed by atoms with Crippen LogP contribution in [-0.4, -0.2) is 287 Å². The molecule has 9 aliphatic rings. The highest BCUT2D eigenvalue weighted by Crippen LogP contribution is 2.38. The molecule has 0 bridgehead atoms. The summed E-state index contributed by atoms with van der Waals surface area (Å²) in [7, 11) is 0. The molecule has 3 aliphatic carbocycles. The number of morpholine rings is 3. The summed E-state index contributed by atoms with van der Waals surface area (Å²) in [6.45, 7) is 20.1. The predicted octanol–water partition coefficient (Wildman–Crippen LogP) is 2.82. The molecule has 3 aromatic carbocycles. The lowest BCUT2D eigenvalue weighted by atomic mass is 9.89. The molecule has 6 heterocycles. The number of Topliss-reactive ketones (excluding diaryl/α,β-unsaturated/α-hetero) is 3. The van der Waals surface area contributed by atoms with Crippen LogP contribution < -0.4 is 57.3 Å². The van der Waals surface area contributed by atoms with Crippen LogP contribution in [0.25, 0.3) is 0 Å². The van der Waals surface area contributed by atoms with Crippen LogP contribution in [0.4, 0.5) is 0 Å². The number of carbonyl (C=O) groups is 12. The minimum absolute atomic E-state index is 0.0107. The van der Waals surface area contributed by atoms with Crippen LogP contribution in [0.2, 0.25) is 0 Å². The van der Waals surface area contributed by atoms with Gasteiger partial charge in [0.15, 0.2) is 17.3 Å². The first-order chi connectivity index (χ1) is 58.9. The van der Waals surface area contributed by atoms with Gasteiger partial charge in [0.2, 0.25) is 53.2 Å². The lowest BCUT2D eigenvalue weighted by Gasteiger charge is -2.28. The summed E-state index contributed by atoms with van der Waals surface area (Å²) < 4.78 is 47.2. The van der Waals surface area contributed by atoms with Crippen LogP contribution in [0.5, 0.6) is 11.5 Å². The van der Waals surface area contributed by atoms with Gasteiger partial charge >= 0.3 is 0 Å². The van der Waals surface area contributed by atoms with Crippen molar-refractivity contribution >= 4 is 70.5 Å². The van der Waals surface area contributed by atoms with E-state index >= 15 is 4.79 Å². The van der Waals surface area contributed by atoms with E-state index in [-0.39, 0.29) is 101 Å². The Morgan fingerprint density at radius 2 is 0.764 bits per heavy atom. The molecule has 123 heavy (non-hydrogen) atoms. The maximum absolute atomic E-state index is 15.5. The van der Waals surface area contributed by atoms with Crippen molar-refractivity contribution in [3.63, 3.8) is 0 Å². The highest BCUT2D eigenvalue weighted by atomic mass is 16.6. The molecule has 14 atom stereocenters. The van der Waals surface area contributed by atoms with Gasteiger partial charge in [-0.25, -0.2) is 0 Å². The Kier molecular flexibility index (Phi) is 32.2. The zero-order chi connectivity index (χ0) is 87.5. The number of carbonyl (C=O) groups excluding carboxylic acids is 12. The molecule has 0 spiro atoms. The predicted molar refractivity (Wildman–Crippen MR) is 453 cm³/mol. The zero-order valence-corrected chi connectivity index (χ0v) is 72.3. The third-order valence-corrected chi connectivity index (χ3v) is 24.5. The molecule has 6 aliphatic heterocycles. The highest BCUT2D eigenvalue weighted by molar-refractivity contribution is 6.01. The molecule has 668 valence electrons. The molecule has 2 unspecified atom stereocenters. The average Bonchev–Trinajstić information content (AvgIpc) is 1.64. The third kappa shape index (κ3) is 26.7. The van der Waals surface area contributed by atoms with E-state index in [1.54, 1.807) is 52.8 Å². The Balaban J connectivity index is 0.748. The Morgan fingerprint density at radius 3 is 1.13 bits per heavy atom. The highest BCUT2D eigenvalue weighted by Gasteiger charge is 2.53. The molecule has 12 rings (SSSR count). The second-order valence-electron chi connectivity index (χ2n) is 34.8.